The Morgan fingerprint density at radius 3 is 2.64 bits per heavy atom. The van der Waals surface area contributed by atoms with E-state index in [1.807, 2.05) is 29.2 Å². The summed E-state index contributed by atoms with van der Waals surface area (Å²) in [6.45, 7) is 4.56. The fourth-order valence-electron chi connectivity index (χ4n) is 3.77. The average Bonchev–Trinajstić information content (AvgIpc) is 3.18. The average molecular weight is 333 g/mol. The summed E-state index contributed by atoms with van der Waals surface area (Å²) in [6, 6.07) is 18.5. The number of nitrogens with zero attached hydrogens (tertiary/aromatic N) is 3. The minimum atomic E-state index is 0.176. The first kappa shape index (κ1) is 15.9. The standard InChI is InChI=1S/C21H23N3O/c1-2-12-24-19-11-7-6-10-18(19)22-21(24)17-13-20(25)23(15-17)14-16-8-4-3-5-9-16/h3-11,17H,2,12-15H2,1H3/t17-/m1/s1. The molecule has 1 aliphatic heterocycles. The molecule has 128 valence electrons. The third-order valence-corrected chi connectivity index (χ3v) is 4.93. The zero-order valence-electron chi connectivity index (χ0n) is 14.6. The molecule has 4 rings (SSSR count). The third-order valence-electron chi connectivity index (χ3n) is 4.93. The van der Waals surface area contributed by atoms with Gasteiger partial charge in [0, 0.05) is 32.0 Å². The van der Waals surface area contributed by atoms with Crippen LogP contribution in [0.1, 0.15) is 37.1 Å². The van der Waals surface area contributed by atoms with Crippen molar-refractivity contribution in [1.29, 1.82) is 0 Å². The van der Waals surface area contributed by atoms with Crippen LogP contribution in [0.4, 0.5) is 0 Å². The molecule has 0 unspecified atom stereocenters. The molecule has 0 radical (unpaired) electrons. The van der Waals surface area contributed by atoms with Gasteiger partial charge in [-0.05, 0) is 24.1 Å². The molecule has 0 saturated carbocycles. The highest BCUT2D eigenvalue weighted by Crippen LogP contribution is 2.31. The molecule has 25 heavy (non-hydrogen) atoms. The third kappa shape index (κ3) is 3.04. The second-order valence-corrected chi connectivity index (χ2v) is 6.77. The SMILES string of the molecule is CCCn1c([C@@H]2CC(=O)N(Cc3ccccc3)C2)nc2ccccc21. The molecule has 0 bridgehead atoms. The quantitative estimate of drug-likeness (QED) is 0.709. The predicted octanol–water partition coefficient (Wildman–Crippen LogP) is 3.96. The van der Waals surface area contributed by atoms with Crippen molar-refractivity contribution < 1.29 is 4.79 Å². The normalized spacial score (nSPS) is 17.6. The zero-order chi connectivity index (χ0) is 17.2. The van der Waals surface area contributed by atoms with E-state index >= 15 is 0 Å². The van der Waals surface area contributed by atoms with Crippen LogP contribution in [0.5, 0.6) is 0 Å². The van der Waals surface area contributed by atoms with Crippen molar-refractivity contribution in [3.8, 4) is 0 Å². The number of aryl methyl sites for hydroxylation is 1. The lowest BCUT2D eigenvalue weighted by atomic mass is 10.1. The Bertz CT molecular complexity index is 885. The fourth-order valence-corrected chi connectivity index (χ4v) is 3.77. The van der Waals surface area contributed by atoms with Gasteiger partial charge >= 0.3 is 0 Å². The van der Waals surface area contributed by atoms with Crippen molar-refractivity contribution in [3.63, 3.8) is 0 Å². The Morgan fingerprint density at radius 1 is 1.08 bits per heavy atom. The molecule has 2 heterocycles. The zero-order valence-corrected chi connectivity index (χ0v) is 14.6. The Kier molecular flexibility index (Phi) is 4.26. The van der Waals surface area contributed by atoms with Gasteiger partial charge in [0.15, 0.2) is 0 Å². The van der Waals surface area contributed by atoms with Crippen LogP contribution >= 0.6 is 0 Å². The summed E-state index contributed by atoms with van der Waals surface area (Å²) in [6.07, 6.45) is 1.61. The van der Waals surface area contributed by atoms with E-state index in [-0.39, 0.29) is 11.8 Å². The molecule has 1 atom stereocenters. The Labute approximate surface area is 148 Å². The largest absolute Gasteiger partial charge is 0.338 e. The Hall–Kier alpha value is -2.62. The molecule has 1 aromatic heterocycles. The van der Waals surface area contributed by atoms with Gasteiger partial charge in [0.1, 0.15) is 5.82 Å². The highest BCUT2D eigenvalue weighted by molar-refractivity contribution is 5.81. The van der Waals surface area contributed by atoms with Crippen molar-refractivity contribution in [2.24, 2.45) is 0 Å². The molecule has 4 nitrogen and oxygen atoms in total. The van der Waals surface area contributed by atoms with Gasteiger partial charge in [0.25, 0.3) is 0 Å². The smallest absolute Gasteiger partial charge is 0.223 e. The monoisotopic (exact) mass is 333 g/mol. The summed E-state index contributed by atoms with van der Waals surface area (Å²) in [5, 5.41) is 0. The minimum absolute atomic E-state index is 0.176. The highest BCUT2D eigenvalue weighted by Gasteiger charge is 2.33. The van der Waals surface area contributed by atoms with E-state index in [0.717, 1.165) is 30.9 Å². The van der Waals surface area contributed by atoms with E-state index in [0.29, 0.717) is 13.0 Å². The highest BCUT2D eigenvalue weighted by atomic mass is 16.2. The molecule has 1 fully saturated rings. The number of carbonyl (C=O) groups excluding carboxylic acids is 1. The number of rotatable bonds is 5. The lowest BCUT2D eigenvalue weighted by Gasteiger charge is -2.17. The van der Waals surface area contributed by atoms with E-state index in [2.05, 4.69) is 41.8 Å². The van der Waals surface area contributed by atoms with Crippen LogP contribution in [-0.2, 0) is 17.9 Å². The predicted molar refractivity (Wildman–Crippen MR) is 99.2 cm³/mol. The van der Waals surface area contributed by atoms with Gasteiger partial charge in [-0.15, -0.1) is 0 Å². The first-order valence-electron chi connectivity index (χ1n) is 9.03. The van der Waals surface area contributed by atoms with Crippen LogP contribution < -0.4 is 0 Å². The number of amides is 1. The molecular formula is C21H23N3O. The van der Waals surface area contributed by atoms with Crippen LogP contribution in [0.15, 0.2) is 54.6 Å². The van der Waals surface area contributed by atoms with E-state index in [9.17, 15) is 4.79 Å². The van der Waals surface area contributed by atoms with Gasteiger partial charge in [0.05, 0.1) is 11.0 Å². The van der Waals surface area contributed by atoms with Crippen LogP contribution in [0.2, 0.25) is 0 Å². The van der Waals surface area contributed by atoms with Crippen LogP contribution in [-0.4, -0.2) is 26.9 Å². The summed E-state index contributed by atoms with van der Waals surface area (Å²) in [7, 11) is 0. The van der Waals surface area contributed by atoms with Crippen LogP contribution in [0.25, 0.3) is 11.0 Å². The number of likely N-dealkylation sites (tertiary alicyclic amines) is 1. The summed E-state index contributed by atoms with van der Waals surface area (Å²) in [5.41, 5.74) is 3.38. The second-order valence-electron chi connectivity index (χ2n) is 6.77. The van der Waals surface area contributed by atoms with E-state index in [1.165, 1.54) is 11.1 Å². The Morgan fingerprint density at radius 2 is 1.84 bits per heavy atom. The molecule has 1 amide bonds. The Balaban J connectivity index is 1.61. The van der Waals surface area contributed by atoms with Gasteiger partial charge in [0.2, 0.25) is 5.91 Å². The van der Waals surface area contributed by atoms with E-state index in [1.54, 1.807) is 0 Å². The van der Waals surface area contributed by atoms with Crippen molar-refractivity contribution >= 4 is 16.9 Å². The molecule has 0 spiro atoms. The first-order valence-corrected chi connectivity index (χ1v) is 9.03. The van der Waals surface area contributed by atoms with E-state index in [4.69, 9.17) is 4.98 Å². The van der Waals surface area contributed by atoms with Crippen molar-refractivity contribution in [3.05, 3.63) is 66.0 Å². The number of para-hydroxylation sites is 2. The molecule has 2 aromatic carbocycles. The number of hydrogen-bond donors (Lipinski definition) is 0. The van der Waals surface area contributed by atoms with Crippen LogP contribution in [0, 0.1) is 0 Å². The van der Waals surface area contributed by atoms with Crippen molar-refractivity contribution in [1.82, 2.24) is 14.5 Å². The van der Waals surface area contributed by atoms with Gasteiger partial charge < -0.3 is 9.47 Å². The van der Waals surface area contributed by atoms with E-state index < -0.39 is 0 Å². The number of imidazole rings is 1. The minimum Gasteiger partial charge on any atom is -0.338 e. The number of hydrogen-bond acceptors (Lipinski definition) is 2. The van der Waals surface area contributed by atoms with Gasteiger partial charge in [-0.3, -0.25) is 4.79 Å². The fraction of sp³-hybridized carbons (Fsp3) is 0.333. The molecule has 3 aromatic rings. The molecule has 0 N–H and O–H groups in total. The maximum absolute atomic E-state index is 12.5. The second kappa shape index (κ2) is 6.71. The molecular weight excluding hydrogens is 310 g/mol. The summed E-state index contributed by atoms with van der Waals surface area (Å²) in [4.78, 5) is 19.4. The number of carbonyl (C=O) groups is 1. The summed E-state index contributed by atoms with van der Waals surface area (Å²) in [5.74, 6) is 1.46. The lowest BCUT2D eigenvalue weighted by Crippen LogP contribution is -2.24. The lowest BCUT2D eigenvalue weighted by molar-refractivity contribution is -0.128. The maximum atomic E-state index is 12.5. The number of benzene rings is 2. The van der Waals surface area contributed by atoms with Gasteiger partial charge in [-0.2, -0.15) is 0 Å². The van der Waals surface area contributed by atoms with Crippen LogP contribution in [0.3, 0.4) is 0 Å². The van der Waals surface area contributed by atoms with Crippen molar-refractivity contribution in [2.75, 3.05) is 6.54 Å². The van der Waals surface area contributed by atoms with Gasteiger partial charge in [-0.1, -0.05) is 49.4 Å². The molecule has 1 saturated heterocycles. The van der Waals surface area contributed by atoms with Crippen molar-refractivity contribution in [2.45, 2.75) is 38.8 Å². The number of fused-ring (bicyclic) bond motifs is 1. The molecule has 1 aliphatic rings. The van der Waals surface area contributed by atoms with Gasteiger partial charge in [-0.25, -0.2) is 4.98 Å². The summed E-state index contributed by atoms with van der Waals surface area (Å²) >= 11 is 0. The number of aromatic nitrogens is 2. The first-order chi connectivity index (χ1) is 12.3. The maximum Gasteiger partial charge on any atom is 0.223 e. The summed E-state index contributed by atoms with van der Waals surface area (Å²) < 4.78 is 2.30. The molecule has 0 aliphatic carbocycles. The topological polar surface area (TPSA) is 38.1 Å². The molecule has 4 heteroatoms.